The molecule has 1 atom stereocenters. The van der Waals surface area contributed by atoms with Crippen LogP contribution in [-0.4, -0.2) is 11.9 Å². The van der Waals surface area contributed by atoms with Crippen LogP contribution < -0.4 is 4.74 Å². The van der Waals surface area contributed by atoms with Gasteiger partial charge in [0.05, 0.1) is 0 Å². The van der Waals surface area contributed by atoms with Crippen LogP contribution in [0.5, 0.6) is 5.75 Å². The van der Waals surface area contributed by atoms with E-state index in [1.54, 1.807) is 6.08 Å². The van der Waals surface area contributed by atoms with Gasteiger partial charge < -0.3 is 4.74 Å². The third-order valence-electron chi connectivity index (χ3n) is 6.65. The number of alkyl halides is 2. The molecule has 1 saturated carbocycles. The fourth-order valence-corrected chi connectivity index (χ4v) is 4.92. The summed E-state index contributed by atoms with van der Waals surface area (Å²) in [5.74, 6) is 1.91. The molecular weight excluding hydrogens is 370 g/mol. The van der Waals surface area contributed by atoms with Gasteiger partial charge in [-0.1, -0.05) is 45.3 Å². The van der Waals surface area contributed by atoms with Crippen LogP contribution in [-0.2, 0) is 0 Å². The van der Waals surface area contributed by atoms with Crippen molar-refractivity contribution in [1.82, 2.24) is 0 Å². The molecule has 2 aliphatic rings. The highest BCUT2D eigenvalue weighted by Gasteiger charge is 2.39. The van der Waals surface area contributed by atoms with Gasteiger partial charge in [0.25, 0.3) is 0 Å². The van der Waals surface area contributed by atoms with Gasteiger partial charge in [0.15, 0.2) is 5.78 Å². The molecule has 4 heteroatoms. The van der Waals surface area contributed by atoms with E-state index in [-0.39, 0.29) is 17.1 Å². The number of carbonyl (C=O) groups is 1. The summed E-state index contributed by atoms with van der Waals surface area (Å²) in [6.07, 6.45) is 9.22. The third-order valence-corrected chi connectivity index (χ3v) is 6.65. The molecule has 0 N–H and O–H groups in total. The van der Waals surface area contributed by atoms with Crippen LogP contribution in [0.1, 0.15) is 75.1 Å². The van der Waals surface area contributed by atoms with Crippen LogP contribution in [0.25, 0.3) is 0 Å². The maximum atomic E-state index is 14.7. The van der Waals surface area contributed by atoms with Gasteiger partial charge in [-0.15, -0.1) is 0 Å². The standard InChI is InChI=1S/C25H32F2O2/c1-3-5-18-6-8-19(9-7-18)20-10-14-22(15-11-20)25(26,27)29-23-16-12-21(13-17-23)24(28)4-2/h4,12-14,16-20H,2-3,5-11,15H2,1H3. The molecule has 1 unspecified atom stereocenters. The van der Waals surface area contributed by atoms with E-state index in [4.69, 9.17) is 4.74 Å². The van der Waals surface area contributed by atoms with E-state index in [9.17, 15) is 13.6 Å². The molecule has 0 spiro atoms. The third kappa shape index (κ3) is 5.55. The van der Waals surface area contributed by atoms with Gasteiger partial charge in [-0.25, -0.2) is 0 Å². The molecule has 29 heavy (non-hydrogen) atoms. The quantitative estimate of drug-likeness (QED) is 0.258. The lowest BCUT2D eigenvalue weighted by Gasteiger charge is -2.36. The first-order valence-electron chi connectivity index (χ1n) is 11.0. The van der Waals surface area contributed by atoms with E-state index in [0.29, 0.717) is 23.8 Å². The summed E-state index contributed by atoms with van der Waals surface area (Å²) in [7, 11) is 0. The van der Waals surface area contributed by atoms with Gasteiger partial charge in [-0.3, -0.25) is 4.79 Å². The van der Waals surface area contributed by atoms with Crippen molar-refractivity contribution >= 4 is 5.78 Å². The Hall–Kier alpha value is -1.97. The zero-order valence-electron chi connectivity index (χ0n) is 17.3. The highest BCUT2D eigenvalue weighted by atomic mass is 19.3. The Balaban J connectivity index is 1.55. The molecule has 2 nitrogen and oxygen atoms in total. The van der Waals surface area contributed by atoms with E-state index < -0.39 is 6.11 Å². The van der Waals surface area contributed by atoms with Gasteiger partial charge in [-0.2, -0.15) is 8.78 Å². The number of benzene rings is 1. The monoisotopic (exact) mass is 402 g/mol. The normalized spacial score (nSPS) is 25.2. The molecule has 0 bridgehead atoms. The molecule has 0 radical (unpaired) electrons. The Morgan fingerprint density at radius 3 is 2.38 bits per heavy atom. The number of allylic oxidation sites excluding steroid dienone is 2. The number of hydrogen-bond acceptors (Lipinski definition) is 2. The van der Waals surface area contributed by atoms with Crippen LogP contribution in [0.4, 0.5) is 8.78 Å². The Morgan fingerprint density at radius 2 is 1.83 bits per heavy atom. The number of halogens is 2. The first-order valence-corrected chi connectivity index (χ1v) is 11.0. The number of carbonyl (C=O) groups excluding carboxylic acids is 1. The van der Waals surface area contributed by atoms with Crippen molar-refractivity contribution in [3.63, 3.8) is 0 Å². The minimum atomic E-state index is -3.31. The molecule has 0 aromatic heterocycles. The van der Waals surface area contributed by atoms with E-state index in [1.807, 2.05) is 0 Å². The van der Waals surface area contributed by atoms with Gasteiger partial charge in [0, 0.05) is 11.1 Å². The first kappa shape index (κ1) is 21.7. The Kier molecular flexibility index (Phi) is 7.26. The number of hydrogen-bond donors (Lipinski definition) is 0. The van der Waals surface area contributed by atoms with Crippen molar-refractivity contribution in [3.8, 4) is 5.75 Å². The maximum absolute atomic E-state index is 14.7. The molecular formula is C25H32F2O2. The van der Waals surface area contributed by atoms with Crippen molar-refractivity contribution in [2.75, 3.05) is 0 Å². The van der Waals surface area contributed by atoms with E-state index in [2.05, 4.69) is 13.5 Å². The summed E-state index contributed by atoms with van der Waals surface area (Å²) in [4.78, 5) is 11.6. The van der Waals surface area contributed by atoms with E-state index >= 15 is 0 Å². The number of rotatable bonds is 8. The molecule has 2 aliphatic carbocycles. The van der Waals surface area contributed by atoms with Gasteiger partial charge >= 0.3 is 6.11 Å². The Bertz CT molecular complexity index is 728. The number of ketones is 1. The van der Waals surface area contributed by atoms with Crippen LogP contribution in [0.15, 0.2) is 48.6 Å². The Labute approximate surface area is 173 Å². The second-order valence-corrected chi connectivity index (χ2v) is 8.54. The zero-order valence-corrected chi connectivity index (χ0v) is 17.3. The Morgan fingerprint density at radius 1 is 1.14 bits per heavy atom. The minimum Gasteiger partial charge on any atom is -0.429 e. The molecule has 1 aromatic carbocycles. The predicted octanol–water partition coefficient (Wildman–Crippen LogP) is 7.36. The zero-order chi connectivity index (χ0) is 20.9. The van der Waals surface area contributed by atoms with Gasteiger partial charge in [0.2, 0.25) is 0 Å². The van der Waals surface area contributed by atoms with Crippen molar-refractivity contribution < 1.29 is 18.3 Å². The highest BCUT2D eigenvalue weighted by Crippen LogP contribution is 2.43. The lowest BCUT2D eigenvalue weighted by Crippen LogP contribution is -2.31. The summed E-state index contributed by atoms with van der Waals surface area (Å²) >= 11 is 0. The fraction of sp³-hybridized carbons (Fsp3) is 0.560. The SMILES string of the molecule is C=CC(=O)c1ccc(OC(F)(F)C2=CCC(C3CCC(CCC)CC3)CC2)cc1. The average Bonchev–Trinajstić information content (AvgIpc) is 2.74. The summed E-state index contributed by atoms with van der Waals surface area (Å²) in [5, 5.41) is 0. The van der Waals surface area contributed by atoms with Crippen molar-refractivity contribution in [2.45, 2.75) is 70.8 Å². The van der Waals surface area contributed by atoms with Crippen molar-refractivity contribution in [2.24, 2.45) is 17.8 Å². The lowest BCUT2D eigenvalue weighted by molar-refractivity contribution is -0.145. The molecule has 0 aliphatic heterocycles. The second-order valence-electron chi connectivity index (χ2n) is 8.54. The summed E-state index contributed by atoms with van der Waals surface area (Å²) < 4.78 is 34.3. The lowest BCUT2D eigenvalue weighted by atomic mass is 9.70. The largest absolute Gasteiger partial charge is 0.429 e. The maximum Gasteiger partial charge on any atom is 0.422 e. The smallest absolute Gasteiger partial charge is 0.422 e. The van der Waals surface area contributed by atoms with Crippen LogP contribution >= 0.6 is 0 Å². The first-order chi connectivity index (χ1) is 13.9. The van der Waals surface area contributed by atoms with Crippen LogP contribution in [0.2, 0.25) is 0 Å². The summed E-state index contributed by atoms with van der Waals surface area (Å²) in [6, 6.07) is 5.78. The van der Waals surface area contributed by atoms with Crippen molar-refractivity contribution in [3.05, 3.63) is 54.1 Å². The number of ether oxygens (including phenoxy) is 1. The molecule has 158 valence electrons. The molecule has 1 aromatic rings. The van der Waals surface area contributed by atoms with Gasteiger partial charge in [0.1, 0.15) is 5.75 Å². The molecule has 0 amide bonds. The summed E-state index contributed by atoms with van der Waals surface area (Å²) in [6.45, 7) is 5.67. The molecule has 0 heterocycles. The minimum absolute atomic E-state index is 0.0629. The molecule has 1 fully saturated rings. The van der Waals surface area contributed by atoms with Crippen molar-refractivity contribution in [1.29, 1.82) is 0 Å². The average molecular weight is 403 g/mol. The highest BCUT2D eigenvalue weighted by molar-refractivity contribution is 6.04. The predicted molar refractivity (Wildman–Crippen MR) is 112 cm³/mol. The molecule has 3 rings (SSSR count). The van der Waals surface area contributed by atoms with E-state index in [0.717, 1.165) is 18.8 Å². The second kappa shape index (κ2) is 9.69. The van der Waals surface area contributed by atoms with Gasteiger partial charge in [-0.05, 0) is 80.2 Å². The van der Waals surface area contributed by atoms with E-state index in [1.165, 1.54) is 68.9 Å². The van der Waals surface area contributed by atoms with Crippen LogP contribution in [0, 0.1) is 17.8 Å². The topological polar surface area (TPSA) is 26.3 Å². The molecule has 0 saturated heterocycles. The van der Waals surface area contributed by atoms with Crippen LogP contribution in [0.3, 0.4) is 0 Å². The summed E-state index contributed by atoms with van der Waals surface area (Å²) in [5.41, 5.74) is 0.490. The fourth-order valence-electron chi connectivity index (χ4n) is 4.92.